The van der Waals surface area contributed by atoms with Gasteiger partial charge in [0.05, 0.1) is 17.1 Å². The first-order valence-corrected chi connectivity index (χ1v) is 13.1. The van der Waals surface area contributed by atoms with E-state index in [0.717, 1.165) is 44.2 Å². The number of rotatable bonds is 8. The minimum absolute atomic E-state index is 0.300. The van der Waals surface area contributed by atoms with Crippen molar-refractivity contribution in [2.45, 2.75) is 51.6 Å². The minimum atomic E-state index is -4.53. The van der Waals surface area contributed by atoms with Crippen molar-refractivity contribution in [3.63, 3.8) is 0 Å². The van der Waals surface area contributed by atoms with Crippen molar-refractivity contribution < 1.29 is 22.0 Å². The fourth-order valence-corrected chi connectivity index (χ4v) is 5.98. The van der Waals surface area contributed by atoms with E-state index in [4.69, 9.17) is 9.83 Å². The van der Waals surface area contributed by atoms with E-state index in [9.17, 15) is 17.6 Å². The van der Waals surface area contributed by atoms with Crippen LogP contribution in [0.15, 0.2) is 29.0 Å². The number of hydrogen-bond acceptors (Lipinski definition) is 5. The van der Waals surface area contributed by atoms with Gasteiger partial charge in [0.25, 0.3) is 0 Å². The molecule has 2 aliphatic heterocycles. The van der Waals surface area contributed by atoms with Gasteiger partial charge in [0.1, 0.15) is 5.82 Å². The Kier molecular flexibility index (Phi) is 8.91. The number of alkyl halides is 3. The lowest BCUT2D eigenvalue weighted by Gasteiger charge is -2.57. The van der Waals surface area contributed by atoms with Crippen LogP contribution in [0.5, 0.6) is 0 Å². The van der Waals surface area contributed by atoms with Crippen molar-refractivity contribution in [3.8, 4) is 0 Å². The zero-order chi connectivity index (χ0) is 25.8. The first-order valence-electron chi connectivity index (χ1n) is 12.0. The Morgan fingerprint density at radius 3 is 2.63 bits per heavy atom. The molecule has 0 unspecified atom stereocenters. The fourth-order valence-electron chi connectivity index (χ4n) is 5.12. The van der Waals surface area contributed by atoms with E-state index in [1.807, 2.05) is 25.8 Å². The first-order chi connectivity index (χ1) is 16.6. The molecule has 5 nitrogen and oxygen atoms in total. The molecule has 3 heterocycles. The molecule has 2 saturated heterocycles. The van der Waals surface area contributed by atoms with Gasteiger partial charge in [-0.2, -0.15) is 13.2 Å². The molecule has 194 valence electrons. The average Bonchev–Trinajstić information content (AvgIpc) is 3.24. The third-order valence-corrected chi connectivity index (χ3v) is 7.81. The lowest BCUT2D eigenvalue weighted by atomic mass is 9.55. The molecule has 0 amide bonds. The maximum Gasteiger partial charge on any atom is 0.416 e. The van der Waals surface area contributed by atoms with Gasteiger partial charge in [-0.25, -0.2) is 9.37 Å². The van der Waals surface area contributed by atoms with Gasteiger partial charge in [0, 0.05) is 25.6 Å². The first kappa shape index (κ1) is 27.5. The van der Waals surface area contributed by atoms with Crippen LogP contribution in [0.2, 0.25) is 0 Å². The molecular formula is C25H34F4N4OS. The Labute approximate surface area is 208 Å². The van der Waals surface area contributed by atoms with E-state index in [1.165, 1.54) is 12.5 Å². The second-order valence-corrected chi connectivity index (χ2v) is 10.3. The maximum atomic E-state index is 14.6. The number of hydrogen-bond donors (Lipinski definition) is 1. The Hall–Kier alpha value is -2.07. The van der Waals surface area contributed by atoms with Crippen molar-refractivity contribution >= 4 is 17.6 Å². The van der Waals surface area contributed by atoms with E-state index >= 15 is 0 Å². The molecule has 2 aromatic rings. The summed E-state index contributed by atoms with van der Waals surface area (Å²) < 4.78 is 58.6. The van der Waals surface area contributed by atoms with Crippen LogP contribution < -0.4 is 0 Å². The normalized spacial score (nSPS) is 21.7. The number of amidine groups is 1. The predicted molar refractivity (Wildman–Crippen MR) is 131 cm³/mol. The number of nitrogens with one attached hydrogen (secondary N) is 1. The fraction of sp³-hybridized carbons (Fsp3) is 0.600. The molecule has 0 radical (unpaired) electrons. The number of aryl methyl sites for hydroxylation is 1. The zero-order valence-electron chi connectivity index (χ0n) is 20.7. The number of aromatic nitrogens is 1. The van der Waals surface area contributed by atoms with Crippen LogP contribution in [-0.4, -0.2) is 58.9 Å². The summed E-state index contributed by atoms with van der Waals surface area (Å²) in [5.74, 6) is 2.08. The highest BCUT2D eigenvalue weighted by Gasteiger charge is 2.52. The maximum absolute atomic E-state index is 14.6. The van der Waals surface area contributed by atoms with Crippen LogP contribution in [0, 0.1) is 24.1 Å². The second-order valence-electron chi connectivity index (χ2n) is 9.19. The summed E-state index contributed by atoms with van der Waals surface area (Å²) in [7, 11) is 1.85. The summed E-state index contributed by atoms with van der Waals surface area (Å²) in [6, 6.07) is 2.99. The molecule has 1 aromatic carbocycles. The Morgan fingerprint density at radius 2 is 2.03 bits per heavy atom. The quantitative estimate of drug-likeness (QED) is 0.150. The molecule has 1 N–H and O–H groups in total. The van der Waals surface area contributed by atoms with Gasteiger partial charge in [-0.15, -0.1) is 11.8 Å². The van der Waals surface area contributed by atoms with Gasteiger partial charge in [-0.3, -0.25) is 5.41 Å². The minimum Gasteiger partial charge on any atom is -0.440 e. The third-order valence-electron chi connectivity index (χ3n) is 6.66. The van der Waals surface area contributed by atoms with Crippen LogP contribution in [0.1, 0.15) is 55.7 Å². The molecule has 2 bridgehead atoms. The summed E-state index contributed by atoms with van der Waals surface area (Å²) >= 11 is 1.73. The van der Waals surface area contributed by atoms with Gasteiger partial charge in [0.2, 0.25) is 0 Å². The van der Waals surface area contributed by atoms with Crippen molar-refractivity contribution in [2.75, 3.05) is 38.3 Å². The lowest BCUT2D eigenvalue weighted by molar-refractivity contribution is -0.137. The number of thioether (sulfide) groups is 1. The SMILES string of the molecule is CC.Cc1ncoc1C(=N)N(C)CSCCCN1CC2CC(c3ccc(C(F)(F)F)cc3F)(C2)C1. The third kappa shape index (κ3) is 6.20. The van der Waals surface area contributed by atoms with Gasteiger partial charge in [0.15, 0.2) is 18.0 Å². The predicted octanol–water partition coefficient (Wildman–Crippen LogP) is 6.17. The van der Waals surface area contributed by atoms with Gasteiger partial charge >= 0.3 is 6.18 Å². The Bertz CT molecular complexity index is 1000. The summed E-state index contributed by atoms with van der Waals surface area (Å²) in [5.41, 5.74) is -0.182. The summed E-state index contributed by atoms with van der Waals surface area (Å²) in [6.07, 6.45) is -0.559. The van der Waals surface area contributed by atoms with Crippen molar-refractivity contribution in [1.82, 2.24) is 14.8 Å². The molecule has 0 atom stereocenters. The highest BCUT2D eigenvalue weighted by Crippen LogP contribution is 2.53. The Balaban J connectivity index is 0.00000167. The van der Waals surface area contributed by atoms with Crippen LogP contribution >= 0.6 is 11.8 Å². The van der Waals surface area contributed by atoms with Crippen LogP contribution in [0.3, 0.4) is 0 Å². The van der Waals surface area contributed by atoms with Crippen molar-refractivity contribution in [2.24, 2.45) is 5.92 Å². The zero-order valence-corrected chi connectivity index (χ0v) is 21.5. The van der Waals surface area contributed by atoms with Crippen LogP contribution in [-0.2, 0) is 11.6 Å². The molecule has 0 spiro atoms. The van der Waals surface area contributed by atoms with Gasteiger partial charge in [-0.05, 0) is 62.1 Å². The monoisotopic (exact) mass is 514 g/mol. The molecule has 35 heavy (non-hydrogen) atoms. The molecular weight excluding hydrogens is 480 g/mol. The number of benzene rings is 1. The number of halogens is 4. The molecule has 3 aliphatic rings. The standard InChI is InChI=1S/C23H28F4N4OS.C2H6/c1-15-20(32-13-29-15)21(28)30(2)14-33-7-3-6-31-11-16-9-22(10-16,12-31)18-5-4-17(8-19(18)24)23(25,26)27;1-2/h4-5,8,13,16,28H,3,6-7,9-12,14H2,1-2H3;1-2H3. The van der Waals surface area contributed by atoms with E-state index < -0.39 is 17.6 Å². The summed E-state index contributed by atoms with van der Waals surface area (Å²) in [4.78, 5) is 8.15. The van der Waals surface area contributed by atoms with E-state index in [1.54, 1.807) is 18.7 Å². The molecule has 1 aromatic heterocycles. The van der Waals surface area contributed by atoms with E-state index in [2.05, 4.69) is 9.88 Å². The van der Waals surface area contributed by atoms with Gasteiger partial charge < -0.3 is 14.2 Å². The number of piperidine rings is 2. The lowest BCUT2D eigenvalue weighted by Crippen LogP contribution is -2.59. The smallest absolute Gasteiger partial charge is 0.416 e. The van der Waals surface area contributed by atoms with Crippen molar-refractivity contribution in [1.29, 1.82) is 5.41 Å². The molecule has 1 aliphatic carbocycles. The number of nitrogens with zero attached hydrogens (tertiary/aromatic N) is 3. The second kappa shape index (κ2) is 11.3. The van der Waals surface area contributed by atoms with E-state index in [0.29, 0.717) is 47.3 Å². The highest BCUT2D eigenvalue weighted by atomic mass is 32.2. The molecule has 3 fully saturated rings. The molecule has 10 heteroatoms. The number of oxazole rings is 1. The topological polar surface area (TPSA) is 56.4 Å². The highest BCUT2D eigenvalue weighted by molar-refractivity contribution is 7.99. The number of fused-ring (bicyclic) bond motifs is 2. The summed E-state index contributed by atoms with van der Waals surface area (Å²) in [5, 5.41) is 8.21. The average molecular weight is 515 g/mol. The summed E-state index contributed by atoms with van der Waals surface area (Å²) in [6.45, 7) is 8.33. The largest absolute Gasteiger partial charge is 0.440 e. The molecule has 1 saturated carbocycles. The van der Waals surface area contributed by atoms with Gasteiger partial charge in [-0.1, -0.05) is 19.9 Å². The van der Waals surface area contributed by atoms with E-state index in [-0.39, 0.29) is 5.41 Å². The van der Waals surface area contributed by atoms with Crippen LogP contribution in [0.4, 0.5) is 17.6 Å². The Morgan fingerprint density at radius 1 is 1.31 bits per heavy atom. The van der Waals surface area contributed by atoms with Crippen LogP contribution in [0.25, 0.3) is 0 Å². The van der Waals surface area contributed by atoms with Crippen molar-refractivity contribution in [3.05, 3.63) is 53.0 Å². The molecule has 5 rings (SSSR count).